The quantitative estimate of drug-likeness (QED) is 0.653. The van der Waals surface area contributed by atoms with E-state index in [9.17, 15) is 9.59 Å². The van der Waals surface area contributed by atoms with Gasteiger partial charge in [0, 0.05) is 0 Å². The van der Waals surface area contributed by atoms with E-state index in [2.05, 4.69) is 10.4 Å². The molecule has 2 heterocycles. The van der Waals surface area contributed by atoms with Gasteiger partial charge in [-0.05, 0) is 32.4 Å². The first-order valence-electron chi connectivity index (χ1n) is 5.73. The van der Waals surface area contributed by atoms with Crippen molar-refractivity contribution >= 4 is 18.2 Å². The summed E-state index contributed by atoms with van der Waals surface area (Å²) in [4.78, 5) is 23.6. The van der Waals surface area contributed by atoms with Gasteiger partial charge in [-0.3, -0.25) is 4.79 Å². The van der Waals surface area contributed by atoms with E-state index in [-0.39, 0.29) is 5.91 Å². The summed E-state index contributed by atoms with van der Waals surface area (Å²) in [5.74, 6) is 0.889. The summed E-state index contributed by atoms with van der Waals surface area (Å²) in [6.45, 7) is 5.32. The number of carbonyl (C=O) groups is 2. The minimum Gasteiger partial charge on any atom is -0.460 e. The third kappa shape index (κ3) is 2.01. The van der Waals surface area contributed by atoms with E-state index in [1.165, 1.54) is 6.21 Å². The highest BCUT2D eigenvalue weighted by molar-refractivity contribution is 6.07. The maximum Gasteiger partial charge on any atom is 0.346 e. The van der Waals surface area contributed by atoms with Crippen molar-refractivity contribution in [3.05, 3.63) is 23.7 Å². The van der Waals surface area contributed by atoms with Crippen LogP contribution in [0.4, 0.5) is 4.79 Å². The van der Waals surface area contributed by atoms with Gasteiger partial charge in [-0.15, -0.1) is 5.01 Å². The molecule has 1 aromatic rings. The highest BCUT2D eigenvalue weighted by Gasteiger charge is 2.46. The molecule has 6 heteroatoms. The van der Waals surface area contributed by atoms with Crippen molar-refractivity contribution in [2.45, 2.75) is 32.7 Å². The van der Waals surface area contributed by atoms with Crippen LogP contribution in [-0.4, -0.2) is 28.7 Å². The van der Waals surface area contributed by atoms with Crippen molar-refractivity contribution in [3.8, 4) is 0 Å². The van der Waals surface area contributed by atoms with Gasteiger partial charge in [0.2, 0.25) is 0 Å². The van der Waals surface area contributed by atoms with E-state index in [1.807, 2.05) is 6.92 Å². The molecule has 1 N–H and O–H groups in total. The molecule has 0 saturated carbocycles. The molecule has 1 saturated heterocycles. The average molecular weight is 249 g/mol. The maximum atomic E-state index is 12.0. The van der Waals surface area contributed by atoms with Gasteiger partial charge >= 0.3 is 6.03 Å². The van der Waals surface area contributed by atoms with Crippen LogP contribution in [0.25, 0.3) is 0 Å². The molecule has 6 nitrogen and oxygen atoms in total. The van der Waals surface area contributed by atoms with Crippen LogP contribution in [0.15, 0.2) is 21.7 Å². The van der Waals surface area contributed by atoms with Gasteiger partial charge in [0.25, 0.3) is 5.91 Å². The Kier molecular flexibility index (Phi) is 2.94. The summed E-state index contributed by atoms with van der Waals surface area (Å²) in [5.41, 5.74) is -0.868. The summed E-state index contributed by atoms with van der Waals surface area (Å²) in [6, 6.07) is 2.99. The Labute approximate surface area is 105 Å². The van der Waals surface area contributed by atoms with Crippen LogP contribution in [0.1, 0.15) is 31.8 Å². The van der Waals surface area contributed by atoms with Crippen molar-refractivity contribution < 1.29 is 14.0 Å². The summed E-state index contributed by atoms with van der Waals surface area (Å²) in [7, 11) is 0. The number of nitrogens with zero attached hydrogens (tertiary/aromatic N) is 2. The van der Waals surface area contributed by atoms with Crippen molar-refractivity contribution in [1.29, 1.82) is 0 Å². The summed E-state index contributed by atoms with van der Waals surface area (Å²) < 4.78 is 5.27. The van der Waals surface area contributed by atoms with Gasteiger partial charge in [-0.2, -0.15) is 5.10 Å². The zero-order chi connectivity index (χ0) is 13.3. The normalized spacial score (nSPS) is 24.1. The maximum absolute atomic E-state index is 12.0. The number of amides is 3. The molecule has 3 amide bonds. The molecule has 1 unspecified atom stereocenters. The number of furan rings is 1. The van der Waals surface area contributed by atoms with Crippen LogP contribution in [0.3, 0.4) is 0 Å². The zero-order valence-corrected chi connectivity index (χ0v) is 10.6. The fourth-order valence-corrected chi connectivity index (χ4v) is 1.65. The number of imide groups is 1. The highest BCUT2D eigenvalue weighted by Crippen LogP contribution is 2.20. The number of carbonyl (C=O) groups excluding carboxylic acids is 2. The van der Waals surface area contributed by atoms with Crippen molar-refractivity contribution in [2.75, 3.05) is 0 Å². The van der Waals surface area contributed by atoms with E-state index in [1.54, 1.807) is 26.0 Å². The average Bonchev–Trinajstić information content (AvgIpc) is 2.82. The largest absolute Gasteiger partial charge is 0.460 e. The van der Waals surface area contributed by atoms with Crippen LogP contribution >= 0.6 is 0 Å². The Morgan fingerprint density at radius 2 is 2.22 bits per heavy atom. The van der Waals surface area contributed by atoms with Crippen molar-refractivity contribution in [2.24, 2.45) is 5.10 Å². The predicted octanol–water partition coefficient (Wildman–Crippen LogP) is 1.64. The van der Waals surface area contributed by atoms with Crippen LogP contribution in [0, 0.1) is 6.92 Å². The van der Waals surface area contributed by atoms with Gasteiger partial charge in [0.15, 0.2) is 0 Å². The lowest BCUT2D eigenvalue weighted by molar-refractivity contribution is -0.130. The number of hydrogen-bond donors (Lipinski definition) is 1. The van der Waals surface area contributed by atoms with Crippen LogP contribution in [-0.2, 0) is 4.79 Å². The van der Waals surface area contributed by atoms with Crippen molar-refractivity contribution in [1.82, 2.24) is 10.3 Å². The molecule has 0 radical (unpaired) electrons. The van der Waals surface area contributed by atoms with Crippen LogP contribution in [0.5, 0.6) is 0 Å². The Hall–Kier alpha value is -2.11. The van der Waals surface area contributed by atoms with Gasteiger partial charge in [-0.25, -0.2) is 4.79 Å². The molecule has 18 heavy (non-hydrogen) atoms. The molecular formula is C12H15N3O3. The smallest absolute Gasteiger partial charge is 0.346 e. The third-order valence-corrected chi connectivity index (χ3v) is 3.01. The monoisotopic (exact) mass is 249 g/mol. The Morgan fingerprint density at radius 3 is 2.72 bits per heavy atom. The van der Waals surface area contributed by atoms with Gasteiger partial charge < -0.3 is 9.73 Å². The van der Waals surface area contributed by atoms with Gasteiger partial charge in [0.1, 0.15) is 17.1 Å². The lowest BCUT2D eigenvalue weighted by atomic mass is 10.00. The van der Waals surface area contributed by atoms with Gasteiger partial charge in [0.05, 0.1) is 6.21 Å². The standard InChI is InChI=1S/C12H15N3O3/c1-4-12(3)10(16)15(11(17)14-12)13-7-9-6-5-8(2)18-9/h5-7H,4H2,1-3H3,(H,14,17). The number of rotatable bonds is 3. The number of hydrogen-bond acceptors (Lipinski definition) is 4. The molecule has 0 bridgehead atoms. The molecule has 1 aliphatic rings. The van der Waals surface area contributed by atoms with Crippen LogP contribution in [0.2, 0.25) is 0 Å². The molecule has 0 spiro atoms. The summed E-state index contributed by atoms with van der Waals surface area (Å²) in [5, 5.41) is 7.31. The number of urea groups is 1. The molecule has 2 rings (SSSR count). The lowest BCUT2D eigenvalue weighted by Gasteiger charge is -2.17. The Morgan fingerprint density at radius 1 is 1.50 bits per heavy atom. The van der Waals surface area contributed by atoms with E-state index >= 15 is 0 Å². The molecule has 1 aromatic heterocycles. The number of aryl methyl sites for hydroxylation is 1. The predicted molar refractivity (Wildman–Crippen MR) is 65.1 cm³/mol. The fraction of sp³-hybridized carbons (Fsp3) is 0.417. The zero-order valence-electron chi connectivity index (χ0n) is 10.6. The van der Waals surface area contributed by atoms with E-state index in [0.29, 0.717) is 12.2 Å². The summed E-state index contributed by atoms with van der Waals surface area (Å²) in [6.07, 6.45) is 1.87. The first kappa shape index (κ1) is 12.3. The second-order valence-corrected chi connectivity index (χ2v) is 4.43. The molecule has 1 fully saturated rings. The highest BCUT2D eigenvalue weighted by atomic mass is 16.3. The third-order valence-electron chi connectivity index (χ3n) is 3.01. The van der Waals surface area contributed by atoms with E-state index in [4.69, 9.17) is 4.42 Å². The number of hydrazone groups is 1. The second-order valence-electron chi connectivity index (χ2n) is 4.43. The molecule has 0 aliphatic carbocycles. The molecule has 0 aromatic carbocycles. The van der Waals surface area contributed by atoms with Crippen molar-refractivity contribution in [3.63, 3.8) is 0 Å². The molecule has 96 valence electrons. The second kappa shape index (κ2) is 4.29. The van der Waals surface area contributed by atoms with Crippen LogP contribution < -0.4 is 5.32 Å². The Bertz CT molecular complexity index is 520. The SMILES string of the molecule is CCC1(C)NC(=O)N(N=Cc2ccc(C)o2)C1=O. The lowest BCUT2D eigenvalue weighted by Crippen LogP contribution is -2.42. The fourth-order valence-electron chi connectivity index (χ4n) is 1.65. The number of nitrogens with one attached hydrogen (secondary N) is 1. The minimum atomic E-state index is -0.868. The minimum absolute atomic E-state index is 0.352. The molecule has 1 aliphatic heterocycles. The molecule has 1 atom stereocenters. The topological polar surface area (TPSA) is 74.9 Å². The first-order valence-corrected chi connectivity index (χ1v) is 5.73. The van der Waals surface area contributed by atoms with E-state index < -0.39 is 11.6 Å². The summed E-state index contributed by atoms with van der Waals surface area (Å²) >= 11 is 0. The Balaban J connectivity index is 2.17. The van der Waals surface area contributed by atoms with E-state index in [0.717, 1.165) is 10.8 Å². The van der Waals surface area contributed by atoms with Gasteiger partial charge in [-0.1, -0.05) is 6.92 Å². The molecular weight excluding hydrogens is 234 g/mol. The first-order chi connectivity index (χ1) is 8.46.